The van der Waals surface area contributed by atoms with Gasteiger partial charge in [-0.1, -0.05) is 6.92 Å². The Morgan fingerprint density at radius 1 is 1.35 bits per heavy atom. The van der Waals surface area contributed by atoms with Gasteiger partial charge in [0.1, 0.15) is 11.9 Å². The van der Waals surface area contributed by atoms with Crippen LogP contribution < -0.4 is 5.32 Å². The van der Waals surface area contributed by atoms with Crippen molar-refractivity contribution in [3.05, 3.63) is 35.0 Å². The van der Waals surface area contributed by atoms with Crippen molar-refractivity contribution >= 4 is 28.3 Å². The third-order valence-electron chi connectivity index (χ3n) is 4.48. The molecular formula is C19H22FN3O2S. The largest absolute Gasteiger partial charge is 0.331 e. The predicted octanol–water partition coefficient (Wildman–Crippen LogP) is 3.99. The Morgan fingerprint density at radius 3 is 2.77 bits per heavy atom. The number of hydrogen-bond donors (Lipinski definition) is 1. The standard InChI is InChI=1S/C19H22FN3O2S/c1-3-5-16(24)23-11-4-6-15(23)18(25)22-19-21-17(12(2)26-19)13-7-9-14(20)10-8-13/h7-10,15H,3-6,11H2,1-2H3,(H,21,22,25). The fourth-order valence-corrected chi connectivity index (χ4v) is 4.05. The van der Waals surface area contributed by atoms with Crippen LogP contribution in [0.3, 0.4) is 0 Å². The Kier molecular flexibility index (Phi) is 5.66. The number of thiazole rings is 1. The number of carbonyl (C=O) groups is 2. The van der Waals surface area contributed by atoms with Crippen LogP contribution >= 0.6 is 11.3 Å². The molecule has 7 heteroatoms. The molecule has 1 N–H and O–H groups in total. The molecular weight excluding hydrogens is 353 g/mol. The molecule has 2 heterocycles. The molecule has 1 atom stereocenters. The highest BCUT2D eigenvalue weighted by Crippen LogP contribution is 2.31. The van der Waals surface area contributed by atoms with Crippen molar-refractivity contribution in [3.63, 3.8) is 0 Å². The van der Waals surface area contributed by atoms with Gasteiger partial charge in [0, 0.05) is 23.4 Å². The molecule has 1 aromatic heterocycles. The molecule has 26 heavy (non-hydrogen) atoms. The van der Waals surface area contributed by atoms with E-state index in [1.165, 1.54) is 23.5 Å². The first-order valence-corrected chi connectivity index (χ1v) is 9.65. The van der Waals surface area contributed by atoms with Gasteiger partial charge in [-0.2, -0.15) is 0 Å². The van der Waals surface area contributed by atoms with E-state index in [0.29, 0.717) is 24.5 Å². The number of rotatable bonds is 5. The van der Waals surface area contributed by atoms with Crippen LogP contribution in [0.1, 0.15) is 37.5 Å². The number of nitrogens with zero attached hydrogens (tertiary/aromatic N) is 2. The average Bonchev–Trinajstić information content (AvgIpc) is 3.23. The van der Waals surface area contributed by atoms with E-state index in [1.807, 2.05) is 13.8 Å². The molecule has 5 nitrogen and oxygen atoms in total. The first-order chi connectivity index (χ1) is 12.5. The molecule has 2 amide bonds. The number of halogens is 1. The van der Waals surface area contributed by atoms with Gasteiger partial charge in [-0.3, -0.25) is 9.59 Å². The van der Waals surface area contributed by atoms with Crippen molar-refractivity contribution in [2.24, 2.45) is 0 Å². The van der Waals surface area contributed by atoms with Crippen LogP contribution in [0.25, 0.3) is 11.3 Å². The molecule has 0 radical (unpaired) electrons. The van der Waals surface area contributed by atoms with Crippen molar-refractivity contribution in [1.82, 2.24) is 9.88 Å². The number of carbonyl (C=O) groups excluding carboxylic acids is 2. The van der Waals surface area contributed by atoms with Gasteiger partial charge in [-0.15, -0.1) is 11.3 Å². The molecule has 0 bridgehead atoms. The number of likely N-dealkylation sites (tertiary alicyclic amines) is 1. The summed E-state index contributed by atoms with van der Waals surface area (Å²) < 4.78 is 13.1. The van der Waals surface area contributed by atoms with Crippen molar-refractivity contribution in [1.29, 1.82) is 0 Å². The number of aromatic nitrogens is 1. The Hall–Kier alpha value is -2.28. The molecule has 1 fully saturated rings. The molecule has 2 aromatic rings. The second kappa shape index (κ2) is 7.95. The smallest absolute Gasteiger partial charge is 0.248 e. The van der Waals surface area contributed by atoms with Gasteiger partial charge in [0.15, 0.2) is 5.13 Å². The predicted molar refractivity (Wildman–Crippen MR) is 101 cm³/mol. The zero-order valence-electron chi connectivity index (χ0n) is 14.9. The Labute approximate surface area is 156 Å². The molecule has 138 valence electrons. The third-order valence-corrected chi connectivity index (χ3v) is 5.37. The summed E-state index contributed by atoms with van der Waals surface area (Å²) in [7, 11) is 0. The van der Waals surface area contributed by atoms with Crippen LogP contribution in [-0.2, 0) is 9.59 Å². The Balaban J connectivity index is 1.73. The number of benzene rings is 1. The van der Waals surface area contributed by atoms with Gasteiger partial charge in [0.2, 0.25) is 11.8 Å². The highest BCUT2D eigenvalue weighted by atomic mass is 32.1. The van der Waals surface area contributed by atoms with Gasteiger partial charge >= 0.3 is 0 Å². The van der Waals surface area contributed by atoms with E-state index in [4.69, 9.17) is 0 Å². The van der Waals surface area contributed by atoms with Gasteiger partial charge in [-0.05, 0) is 50.5 Å². The lowest BCUT2D eigenvalue weighted by Gasteiger charge is -2.23. The van der Waals surface area contributed by atoms with E-state index in [1.54, 1.807) is 17.0 Å². The molecule has 3 rings (SSSR count). The summed E-state index contributed by atoms with van der Waals surface area (Å²) in [5.74, 6) is -0.452. The summed E-state index contributed by atoms with van der Waals surface area (Å²) >= 11 is 1.38. The van der Waals surface area contributed by atoms with Gasteiger partial charge in [-0.25, -0.2) is 9.37 Å². The molecule has 0 aliphatic carbocycles. The maximum atomic E-state index is 13.1. The van der Waals surface area contributed by atoms with Gasteiger partial charge < -0.3 is 10.2 Å². The number of hydrogen-bond acceptors (Lipinski definition) is 4. The Morgan fingerprint density at radius 2 is 2.08 bits per heavy atom. The highest BCUT2D eigenvalue weighted by Gasteiger charge is 2.34. The lowest BCUT2D eigenvalue weighted by atomic mass is 10.1. The second-order valence-electron chi connectivity index (χ2n) is 6.42. The highest BCUT2D eigenvalue weighted by molar-refractivity contribution is 7.16. The summed E-state index contributed by atoms with van der Waals surface area (Å²) in [5, 5.41) is 3.36. The molecule has 1 aliphatic heterocycles. The van der Waals surface area contributed by atoms with Crippen molar-refractivity contribution < 1.29 is 14.0 Å². The van der Waals surface area contributed by atoms with E-state index in [2.05, 4.69) is 10.3 Å². The minimum absolute atomic E-state index is 0.0347. The van der Waals surface area contributed by atoms with Gasteiger partial charge in [0.05, 0.1) is 5.69 Å². The molecule has 1 aliphatic rings. The van der Waals surface area contributed by atoms with Crippen molar-refractivity contribution in [2.75, 3.05) is 11.9 Å². The molecule has 1 unspecified atom stereocenters. The summed E-state index contributed by atoms with van der Waals surface area (Å²) in [6.07, 6.45) is 2.76. The lowest BCUT2D eigenvalue weighted by molar-refractivity contribution is -0.136. The number of nitrogens with one attached hydrogen (secondary N) is 1. The SMILES string of the molecule is CCCC(=O)N1CCCC1C(=O)Nc1nc(-c2ccc(F)cc2)c(C)s1. The first kappa shape index (κ1) is 18.5. The summed E-state index contributed by atoms with van der Waals surface area (Å²) in [6.45, 7) is 4.51. The summed E-state index contributed by atoms with van der Waals surface area (Å²) in [5.41, 5.74) is 1.54. The van der Waals surface area contributed by atoms with E-state index < -0.39 is 6.04 Å². The van der Waals surface area contributed by atoms with Crippen LogP contribution in [0.2, 0.25) is 0 Å². The zero-order chi connectivity index (χ0) is 18.7. The fourth-order valence-electron chi connectivity index (χ4n) is 3.21. The van der Waals surface area contributed by atoms with E-state index in [9.17, 15) is 14.0 Å². The third kappa shape index (κ3) is 3.93. The van der Waals surface area contributed by atoms with Crippen LogP contribution in [-0.4, -0.2) is 34.3 Å². The molecule has 0 saturated carbocycles. The quantitative estimate of drug-likeness (QED) is 0.860. The van der Waals surface area contributed by atoms with Crippen LogP contribution in [0.5, 0.6) is 0 Å². The normalized spacial score (nSPS) is 16.7. The molecule has 1 aromatic carbocycles. The van der Waals surface area contributed by atoms with E-state index >= 15 is 0 Å². The second-order valence-corrected chi connectivity index (χ2v) is 7.62. The zero-order valence-corrected chi connectivity index (χ0v) is 15.7. The minimum atomic E-state index is -0.424. The molecule has 0 spiro atoms. The summed E-state index contributed by atoms with van der Waals surface area (Å²) in [6, 6.07) is 5.70. The van der Waals surface area contributed by atoms with Crippen molar-refractivity contribution in [2.45, 2.75) is 45.6 Å². The van der Waals surface area contributed by atoms with Crippen LogP contribution in [0, 0.1) is 12.7 Å². The van der Waals surface area contributed by atoms with E-state index in [0.717, 1.165) is 29.0 Å². The van der Waals surface area contributed by atoms with Crippen LogP contribution in [0.4, 0.5) is 9.52 Å². The topological polar surface area (TPSA) is 62.3 Å². The number of aryl methyl sites for hydroxylation is 1. The van der Waals surface area contributed by atoms with Gasteiger partial charge in [0.25, 0.3) is 0 Å². The monoisotopic (exact) mass is 375 g/mol. The lowest BCUT2D eigenvalue weighted by Crippen LogP contribution is -2.43. The van der Waals surface area contributed by atoms with Crippen LogP contribution in [0.15, 0.2) is 24.3 Å². The minimum Gasteiger partial charge on any atom is -0.331 e. The first-order valence-electron chi connectivity index (χ1n) is 8.83. The fraction of sp³-hybridized carbons (Fsp3) is 0.421. The maximum absolute atomic E-state index is 13.1. The average molecular weight is 375 g/mol. The van der Waals surface area contributed by atoms with Crippen molar-refractivity contribution in [3.8, 4) is 11.3 Å². The Bertz CT molecular complexity index is 804. The maximum Gasteiger partial charge on any atom is 0.248 e. The number of amides is 2. The molecule has 1 saturated heterocycles. The van der Waals surface area contributed by atoms with E-state index in [-0.39, 0.29) is 17.6 Å². The number of anilines is 1. The summed E-state index contributed by atoms with van der Waals surface area (Å²) in [4.78, 5) is 31.9.